The summed E-state index contributed by atoms with van der Waals surface area (Å²) in [4.78, 5) is 12.2. The zero-order valence-electron chi connectivity index (χ0n) is 13.4. The number of carbonyl (C=O) groups is 1. The van der Waals surface area contributed by atoms with Gasteiger partial charge in [-0.05, 0) is 25.3 Å². The molecule has 1 aromatic carbocycles. The second kappa shape index (κ2) is 6.18. The summed E-state index contributed by atoms with van der Waals surface area (Å²) in [5.74, 6) is -0.0455. The molecule has 1 atom stereocenters. The Bertz CT molecular complexity index is 475. The second-order valence-corrected chi connectivity index (χ2v) is 6.99. The van der Waals surface area contributed by atoms with E-state index in [-0.39, 0.29) is 23.8 Å². The van der Waals surface area contributed by atoms with E-state index in [1.165, 1.54) is 5.56 Å². The van der Waals surface area contributed by atoms with Crippen molar-refractivity contribution >= 4 is 5.91 Å². The van der Waals surface area contributed by atoms with Crippen molar-refractivity contribution in [2.24, 2.45) is 0 Å². The highest BCUT2D eigenvalue weighted by atomic mass is 16.3. The number of carbonyl (C=O) groups excluding carboxylic acids is 1. The maximum absolute atomic E-state index is 12.2. The summed E-state index contributed by atoms with van der Waals surface area (Å²) in [6.07, 6.45) is 3.76. The van der Waals surface area contributed by atoms with Gasteiger partial charge in [0.05, 0.1) is 12.0 Å². The van der Waals surface area contributed by atoms with Crippen LogP contribution < -0.4 is 5.32 Å². The first-order valence-corrected chi connectivity index (χ1v) is 7.91. The molecular weight excluding hydrogens is 262 g/mol. The molecule has 0 spiro atoms. The third-order valence-corrected chi connectivity index (χ3v) is 5.00. The molecule has 0 saturated heterocycles. The van der Waals surface area contributed by atoms with Crippen LogP contribution in [0.4, 0.5) is 0 Å². The van der Waals surface area contributed by atoms with Crippen LogP contribution in [0.15, 0.2) is 30.3 Å². The molecule has 2 rings (SSSR count). The van der Waals surface area contributed by atoms with Crippen molar-refractivity contribution in [3.05, 3.63) is 35.9 Å². The van der Waals surface area contributed by atoms with Crippen molar-refractivity contribution in [3.8, 4) is 0 Å². The summed E-state index contributed by atoms with van der Waals surface area (Å²) >= 11 is 0. The Balaban J connectivity index is 1.97. The van der Waals surface area contributed by atoms with E-state index in [9.17, 15) is 9.90 Å². The average Bonchev–Trinajstić information content (AvgIpc) is 2.85. The maximum atomic E-state index is 12.2. The summed E-state index contributed by atoms with van der Waals surface area (Å²) in [6, 6.07) is 10.2. The highest BCUT2D eigenvalue weighted by Crippen LogP contribution is 2.32. The van der Waals surface area contributed by atoms with Gasteiger partial charge in [-0.15, -0.1) is 0 Å². The van der Waals surface area contributed by atoms with Crippen molar-refractivity contribution in [3.63, 3.8) is 0 Å². The monoisotopic (exact) mass is 289 g/mol. The van der Waals surface area contributed by atoms with Crippen LogP contribution in [-0.4, -0.2) is 22.7 Å². The molecule has 1 amide bonds. The molecule has 2 N–H and O–H groups in total. The Morgan fingerprint density at radius 2 is 1.86 bits per heavy atom. The van der Waals surface area contributed by atoms with Crippen molar-refractivity contribution in [1.29, 1.82) is 0 Å². The third kappa shape index (κ3) is 3.85. The predicted molar refractivity (Wildman–Crippen MR) is 85.1 cm³/mol. The number of hydrogen-bond donors (Lipinski definition) is 2. The molecule has 0 heterocycles. The lowest BCUT2D eigenvalue weighted by atomic mass is 9.78. The third-order valence-electron chi connectivity index (χ3n) is 5.00. The zero-order chi connectivity index (χ0) is 15.5. The van der Waals surface area contributed by atoms with Crippen LogP contribution >= 0.6 is 0 Å². The van der Waals surface area contributed by atoms with Crippen LogP contribution in [0.3, 0.4) is 0 Å². The molecule has 0 bridgehead atoms. The fraction of sp³-hybridized carbons (Fsp3) is 0.611. The van der Waals surface area contributed by atoms with Crippen molar-refractivity contribution in [1.82, 2.24) is 5.32 Å². The van der Waals surface area contributed by atoms with Gasteiger partial charge in [-0.3, -0.25) is 4.79 Å². The molecule has 1 aliphatic rings. The lowest BCUT2D eigenvalue weighted by molar-refractivity contribution is -0.126. The van der Waals surface area contributed by atoms with Crippen LogP contribution in [0.2, 0.25) is 0 Å². The predicted octanol–water partition coefficient (Wildman–Crippen LogP) is 3.16. The van der Waals surface area contributed by atoms with E-state index in [0.29, 0.717) is 0 Å². The Hall–Kier alpha value is -1.35. The molecule has 3 heteroatoms. The quantitative estimate of drug-likeness (QED) is 0.874. The van der Waals surface area contributed by atoms with Crippen LogP contribution in [0.25, 0.3) is 0 Å². The smallest absolute Gasteiger partial charge is 0.223 e. The molecule has 1 aromatic rings. The summed E-state index contributed by atoms with van der Waals surface area (Å²) < 4.78 is 0. The van der Waals surface area contributed by atoms with Crippen LogP contribution in [0, 0.1) is 0 Å². The second-order valence-electron chi connectivity index (χ2n) is 6.99. The van der Waals surface area contributed by atoms with Crippen molar-refractivity contribution in [2.45, 2.75) is 69.9 Å². The first-order valence-electron chi connectivity index (χ1n) is 7.91. The number of rotatable bonds is 5. The minimum atomic E-state index is -0.777. The molecular formula is C18H27NO2. The van der Waals surface area contributed by atoms with Gasteiger partial charge in [0.25, 0.3) is 0 Å². The number of nitrogens with one attached hydrogen (secondary N) is 1. The summed E-state index contributed by atoms with van der Waals surface area (Å²) in [5.41, 5.74) is 0.285. The first-order chi connectivity index (χ1) is 9.83. The highest BCUT2D eigenvalue weighted by molar-refractivity contribution is 5.77. The largest absolute Gasteiger partial charge is 0.389 e. The van der Waals surface area contributed by atoms with E-state index >= 15 is 0 Å². The van der Waals surface area contributed by atoms with Gasteiger partial charge < -0.3 is 10.4 Å². The molecule has 1 aliphatic carbocycles. The molecule has 0 aliphatic heterocycles. The van der Waals surface area contributed by atoms with Crippen LogP contribution in [0.5, 0.6) is 0 Å². The van der Waals surface area contributed by atoms with Gasteiger partial charge in [-0.25, -0.2) is 0 Å². The number of amides is 1. The van der Waals surface area contributed by atoms with Gasteiger partial charge in [-0.1, -0.05) is 57.0 Å². The topological polar surface area (TPSA) is 49.3 Å². The van der Waals surface area contributed by atoms with Gasteiger partial charge >= 0.3 is 0 Å². The van der Waals surface area contributed by atoms with Gasteiger partial charge in [0, 0.05) is 11.5 Å². The van der Waals surface area contributed by atoms with E-state index < -0.39 is 5.60 Å². The Morgan fingerprint density at radius 1 is 1.29 bits per heavy atom. The minimum Gasteiger partial charge on any atom is -0.389 e. The molecule has 116 valence electrons. The minimum absolute atomic E-state index is 0.0115. The molecule has 21 heavy (non-hydrogen) atoms. The fourth-order valence-corrected chi connectivity index (χ4v) is 3.10. The molecule has 1 unspecified atom stereocenters. The Kier molecular flexibility index (Phi) is 4.72. The normalized spacial score (nSPS) is 19.2. The Labute approximate surface area is 127 Å². The fourth-order valence-electron chi connectivity index (χ4n) is 3.10. The van der Waals surface area contributed by atoms with E-state index in [1.54, 1.807) is 0 Å². The standard InChI is InChI=1S/C18H27NO2/c1-14(17(2,3)15-9-5-4-6-10-15)19-16(20)13-18(21)11-7-8-12-18/h4-6,9-10,14,21H,7-8,11-13H2,1-3H3,(H,19,20). The first kappa shape index (κ1) is 16.0. The van der Waals surface area contributed by atoms with Crippen LogP contribution in [-0.2, 0) is 10.2 Å². The van der Waals surface area contributed by atoms with Crippen molar-refractivity contribution < 1.29 is 9.90 Å². The zero-order valence-corrected chi connectivity index (χ0v) is 13.4. The SMILES string of the molecule is CC(NC(=O)CC1(O)CCCC1)C(C)(C)c1ccccc1. The van der Waals surface area contributed by atoms with Gasteiger partial charge in [0.15, 0.2) is 0 Å². The lowest BCUT2D eigenvalue weighted by Gasteiger charge is -2.34. The van der Waals surface area contributed by atoms with Gasteiger partial charge in [0.1, 0.15) is 0 Å². The van der Waals surface area contributed by atoms with E-state index in [2.05, 4.69) is 31.3 Å². The summed E-state index contributed by atoms with van der Waals surface area (Å²) in [5, 5.41) is 13.4. The molecule has 1 saturated carbocycles. The van der Waals surface area contributed by atoms with E-state index in [1.807, 2.05) is 25.1 Å². The number of aliphatic hydroxyl groups is 1. The highest BCUT2D eigenvalue weighted by Gasteiger charge is 2.35. The average molecular weight is 289 g/mol. The molecule has 3 nitrogen and oxygen atoms in total. The maximum Gasteiger partial charge on any atom is 0.223 e. The molecule has 1 fully saturated rings. The van der Waals surface area contributed by atoms with E-state index in [0.717, 1.165) is 25.7 Å². The molecule has 0 aromatic heterocycles. The van der Waals surface area contributed by atoms with Gasteiger partial charge in [0.2, 0.25) is 5.91 Å². The van der Waals surface area contributed by atoms with Crippen LogP contribution in [0.1, 0.15) is 58.4 Å². The Morgan fingerprint density at radius 3 is 2.43 bits per heavy atom. The number of benzene rings is 1. The van der Waals surface area contributed by atoms with E-state index in [4.69, 9.17) is 0 Å². The van der Waals surface area contributed by atoms with Gasteiger partial charge in [-0.2, -0.15) is 0 Å². The molecule has 0 radical (unpaired) electrons. The van der Waals surface area contributed by atoms with Crippen molar-refractivity contribution in [2.75, 3.05) is 0 Å². The lowest BCUT2D eigenvalue weighted by Crippen LogP contribution is -2.47. The summed E-state index contributed by atoms with van der Waals surface area (Å²) in [6.45, 7) is 6.30. The summed E-state index contributed by atoms with van der Waals surface area (Å²) in [7, 11) is 0. The number of hydrogen-bond acceptors (Lipinski definition) is 2.